The Balaban J connectivity index is 2.26. The van der Waals surface area contributed by atoms with Crippen LogP contribution in [0.15, 0.2) is 0 Å². The Bertz CT molecular complexity index is 287. The molecule has 0 bridgehead atoms. The Morgan fingerprint density at radius 2 is 2.47 bits per heavy atom. The fourth-order valence-electron chi connectivity index (χ4n) is 1.11. The van der Waals surface area contributed by atoms with Crippen molar-refractivity contribution in [1.29, 1.82) is 0 Å². The van der Waals surface area contributed by atoms with Crippen LogP contribution >= 0.6 is 0 Å². The van der Waals surface area contributed by atoms with Gasteiger partial charge >= 0.3 is 0 Å². The third-order valence-electron chi connectivity index (χ3n) is 1.88. The number of H-pyrrole nitrogens is 1. The number of hydrogen-bond acceptors (Lipinski definition) is 5. The molecule has 1 rings (SSSR count). The molecule has 0 saturated carbocycles. The lowest BCUT2D eigenvalue weighted by Crippen LogP contribution is -2.27. The van der Waals surface area contributed by atoms with Crippen LogP contribution in [0.5, 0.6) is 0 Å². The predicted molar refractivity (Wildman–Crippen MR) is 51.8 cm³/mol. The Hall–Kier alpha value is -1.50. The summed E-state index contributed by atoms with van der Waals surface area (Å²) in [5.74, 6) is 0.444. The van der Waals surface area contributed by atoms with Gasteiger partial charge in [0.05, 0.1) is 6.04 Å². The number of methoxy groups -OCH3 is 1. The van der Waals surface area contributed by atoms with E-state index in [2.05, 4.69) is 25.9 Å². The van der Waals surface area contributed by atoms with Gasteiger partial charge in [-0.1, -0.05) is 5.21 Å². The molecule has 0 aliphatic heterocycles. The molecule has 0 aliphatic carbocycles. The van der Waals surface area contributed by atoms with Crippen molar-refractivity contribution < 1.29 is 9.53 Å². The largest absolute Gasteiger partial charge is 0.385 e. The molecule has 0 saturated heterocycles. The van der Waals surface area contributed by atoms with E-state index in [1.54, 1.807) is 14.0 Å². The maximum absolute atomic E-state index is 11.4. The highest BCUT2D eigenvalue weighted by atomic mass is 16.5. The van der Waals surface area contributed by atoms with Gasteiger partial charge in [-0.15, -0.1) is 10.2 Å². The second-order valence-corrected chi connectivity index (χ2v) is 3.16. The fourth-order valence-corrected chi connectivity index (χ4v) is 1.11. The molecule has 7 heteroatoms. The van der Waals surface area contributed by atoms with Gasteiger partial charge in [-0.2, -0.15) is 5.21 Å². The van der Waals surface area contributed by atoms with Crippen LogP contribution in [0.1, 0.15) is 31.6 Å². The van der Waals surface area contributed by atoms with Crippen LogP contribution in [0.2, 0.25) is 0 Å². The normalized spacial score (nSPS) is 12.4. The third kappa shape index (κ3) is 4.03. The van der Waals surface area contributed by atoms with Crippen molar-refractivity contribution in [3.63, 3.8) is 0 Å². The summed E-state index contributed by atoms with van der Waals surface area (Å²) in [6, 6.07) is -0.223. The summed E-state index contributed by atoms with van der Waals surface area (Å²) >= 11 is 0. The van der Waals surface area contributed by atoms with Gasteiger partial charge in [0.2, 0.25) is 5.91 Å². The highest BCUT2D eigenvalue weighted by molar-refractivity contribution is 5.76. The van der Waals surface area contributed by atoms with Gasteiger partial charge in [0.15, 0.2) is 5.82 Å². The topological polar surface area (TPSA) is 92.8 Å². The van der Waals surface area contributed by atoms with Crippen molar-refractivity contribution in [2.75, 3.05) is 13.7 Å². The summed E-state index contributed by atoms with van der Waals surface area (Å²) in [7, 11) is 1.61. The van der Waals surface area contributed by atoms with Gasteiger partial charge in [0.1, 0.15) is 0 Å². The minimum Gasteiger partial charge on any atom is -0.385 e. The predicted octanol–water partition coefficient (Wildman–Crippen LogP) is -0.197. The van der Waals surface area contributed by atoms with E-state index in [0.29, 0.717) is 25.3 Å². The molecule has 1 aromatic rings. The maximum atomic E-state index is 11.4. The number of amides is 1. The van der Waals surface area contributed by atoms with Crippen LogP contribution < -0.4 is 5.32 Å². The molecule has 84 valence electrons. The van der Waals surface area contributed by atoms with E-state index >= 15 is 0 Å². The smallest absolute Gasteiger partial charge is 0.220 e. The van der Waals surface area contributed by atoms with E-state index in [9.17, 15) is 4.79 Å². The molecular weight excluding hydrogens is 198 g/mol. The first kappa shape index (κ1) is 11.6. The Morgan fingerprint density at radius 1 is 1.67 bits per heavy atom. The molecule has 0 aromatic carbocycles. The van der Waals surface area contributed by atoms with Crippen LogP contribution in [0.4, 0.5) is 0 Å². The summed E-state index contributed by atoms with van der Waals surface area (Å²) in [6.07, 6.45) is 1.15. The number of nitrogens with zero attached hydrogens (tertiary/aromatic N) is 3. The lowest BCUT2D eigenvalue weighted by atomic mass is 10.2. The summed E-state index contributed by atoms with van der Waals surface area (Å²) < 4.78 is 4.85. The van der Waals surface area contributed by atoms with E-state index in [1.165, 1.54) is 0 Å². The zero-order valence-electron chi connectivity index (χ0n) is 8.86. The third-order valence-corrected chi connectivity index (χ3v) is 1.88. The zero-order chi connectivity index (χ0) is 11.1. The van der Waals surface area contributed by atoms with Crippen molar-refractivity contribution in [1.82, 2.24) is 25.9 Å². The first-order valence-corrected chi connectivity index (χ1v) is 4.75. The maximum Gasteiger partial charge on any atom is 0.220 e. The molecule has 0 aliphatic rings. The van der Waals surface area contributed by atoms with Crippen molar-refractivity contribution in [2.24, 2.45) is 0 Å². The molecule has 7 nitrogen and oxygen atoms in total. The summed E-state index contributed by atoms with van der Waals surface area (Å²) in [5, 5.41) is 16.1. The summed E-state index contributed by atoms with van der Waals surface area (Å²) in [4.78, 5) is 11.4. The number of aromatic amines is 1. The van der Waals surface area contributed by atoms with Gasteiger partial charge in [-0.25, -0.2) is 0 Å². The number of hydrogen-bond donors (Lipinski definition) is 2. The van der Waals surface area contributed by atoms with Crippen molar-refractivity contribution in [3.05, 3.63) is 5.82 Å². The molecular formula is C8H15N5O2. The van der Waals surface area contributed by atoms with Crippen LogP contribution in [0, 0.1) is 0 Å². The standard InChI is InChI=1S/C8H15N5O2/c1-6(8-10-12-13-11-8)9-7(14)4-3-5-15-2/h6H,3-5H2,1-2H3,(H,9,14)(H,10,11,12,13). The fraction of sp³-hybridized carbons (Fsp3) is 0.750. The molecule has 15 heavy (non-hydrogen) atoms. The number of carbonyl (C=O) groups is 1. The Labute approximate surface area is 87.6 Å². The molecule has 1 aromatic heterocycles. The van der Waals surface area contributed by atoms with E-state index in [4.69, 9.17) is 4.74 Å². The summed E-state index contributed by atoms with van der Waals surface area (Å²) in [6.45, 7) is 2.39. The van der Waals surface area contributed by atoms with Gasteiger partial charge in [0, 0.05) is 20.1 Å². The number of aromatic nitrogens is 4. The molecule has 0 radical (unpaired) electrons. The first-order valence-electron chi connectivity index (χ1n) is 4.75. The van der Waals surface area contributed by atoms with Gasteiger partial charge in [-0.05, 0) is 13.3 Å². The van der Waals surface area contributed by atoms with E-state index in [0.717, 1.165) is 0 Å². The van der Waals surface area contributed by atoms with E-state index in [-0.39, 0.29) is 11.9 Å². The highest BCUT2D eigenvalue weighted by Crippen LogP contribution is 2.03. The van der Waals surface area contributed by atoms with E-state index in [1.807, 2.05) is 0 Å². The van der Waals surface area contributed by atoms with Crippen LogP contribution in [0.25, 0.3) is 0 Å². The molecule has 1 unspecified atom stereocenters. The second-order valence-electron chi connectivity index (χ2n) is 3.16. The van der Waals surface area contributed by atoms with E-state index < -0.39 is 0 Å². The number of ether oxygens (including phenoxy) is 1. The molecule has 2 N–H and O–H groups in total. The highest BCUT2D eigenvalue weighted by Gasteiger charge is 2.12. The second kappa shape index (κ2) is 6.07. The minimum absolute atomic E-state index is 0.0376. The number of rotatable bonds is 6. The number of carbonyl (C=O) groups excluding carboxylic acids is 1. The average molecular weight is 213 g/mol. The van der Waals surface area contributed by atoms with Gasteiger partial charge < -0.3 is 10.1 Å². The lowest BCUT2D eigenvalue weighted by molar-refractivity contribution is -0.122. The first-order chi connectivity index (χ1) is 7.24. The van der Waals surface area contributed by atoms with Gasteiger partial charge in [0.25, 0.3) is 0 Å². The monoisotopic (exact) mass is 213 g/mol. The molecule has 1 heterocycles. The number of tetrazole rings is 1. The van der Waals surface area contributed by atoms with Crippen LogP contribution in [-0.4, -0.2) is 40.2 Å². The number of nitrogens with one attached hydrogen (secondary N) is 2. The Kier molecular flexibility index (Phi) is 4.69. The Morgan fingerprint density at radius 3 is 3.07 bits per heavy atom. The summed E-state index contributed by atoms with van der Waals surface area (Å²) in [5.41, 5.74) is 0. The van der Waals surface area contributed by atoms with Crippen LogP contribution in [-0.2, 0) is 9.53 Å². The van der Waals surface area contributed by atoms with Crippen molar-refractivity contribution >= 4 is 5.91 Å². The SMILES string of the molecule is COCCCC(=O)NC(C)c1nn[nH]n1. The molecule has 0 spiro atoms. The quantitative estimate of drug-likeness (QED) is 0.638. The molecule has 1 amide bonds. The minimum atomic E-state index is -0.223. The lowest BCUT2D eigenvalue weighted by Gasteiger charge is -2.09. The molecule has 1 atom stereocenters. The van der Waals surface area contributed by atoms with Crippen molar-refractivity contribution in [2.45, 2.75) is 25.8 Å². The zero-order valence-corrected chi connectivity index (χ0v) is 8.86. The van der Waals surface area contributed by atoms with Crippen LogP contribution in [0.3, 0.4) is 0 Å². The van der Waals surface area contributed by atoms with Crippen molar-refractivity contribution in [3.8, 4) is 0 Å². The van der Waals surface area contributed by atoms with Gasteiger partial charge in [-0.3, -0.25) is 4.79 Å². The average Bonchev–Trinajstić information content (AvgIpc) is 2.70. The molecule has 0 fully saturated rings.